The summed E-state index contributed by atoms with van der Waals surface area (Å²) in [5.74, 6) is 0.292. The minimum atomic E-state index is -0.508. The quantitative estimate of drug-likeness (QED) is 0.734. The third-order valence-corrected chi connectivity index (χ3v) is 4.19. The van der Waals surface area contributed by atoms with Crippen LogP contribution in [0, 0.1) is 11.8 Å². The average Bonchev–Trinajstić information content (AvgIpc) is 2.93. The van der Waals surface area contributed by atoms with Gasteiger partial charge in [0.25, 0.3) is 5.56 Å². The van der Waals surface area contributed by atoms with Crippen LogP contribution in [-0.2, 0) is 18.4 Å². The van der Waals surface area contributed by atoms with Crippen LogP contribution in [0.5, 0.6) is 0 Å². The lowest BCUT2D eigenvalue weighted by atomic mass is 9.97. The van der Waals surface area contributed by atoms with Gasteiger partial charge < -0.3 is 10.4 Å². The molecule has 1 aliphatic carbocycles. The van der Waals surface area contributed by atoms with Crippen LogP contribution in [0.25, 0.3) is 0 Å². The second kappa shape index (κ2) is 6.71. The highest BCUT2D eigenvalue weighted by Crippen LogP contribution is 2.30. The number of aliphatic hydroxyl groups is 1. The van der Waals surface area contributed by atoms with Crippen molar-refractivity contribution in [2.45, 2.75) is 25.8 Å². The number of hydrogen-bond donors (Lipinski definition) is 2. The molecule has 1 fully saturated rings. The Labute approximate surface area is 122 Å². The van der Waals surface area contributed by atoms with E-state index >= 15 is 0 Å². The van der Waals surface area contributed by atoms with E-state index in [9.17, 15) is 19.5 Å². The number of aromatic nitrogens is 2. The lowest BCUT2D eigenvalue weighted by Crippen LogP contribution is -2.41. The molecule has 116 valence electrons. The Kier molecular flexibility index (Phi) is 4.95. The second-order valence-corrected chi connectivity index (χ2v) is 5.56. The largest absolute Gasteiger partial charge is 0.396 e. The van der Waals surface area contributed by atoms with E-state index in [4.69, 9.17) is 0 Å². The van der Waals surface area contributed by atoms with Crippen LogP contribution in [0.4, 0.5) is 0 Å². The summed E-state index contributed by atoms with van der Waals surface area (Å²) >= 11 is 0. The van der Waals surface area contributed by atoms with Crippen molar-refractivity contribution in [1.29, 1.82) is 0 Å². The minimum absolute atomic E-state index is 0.108. The molecule has 0 aliphatic heterocycles. The van der Waals surface area contributed by atoms with Crippen LogP contribution in [0.2, 0.25) is 0 Å². The molecule has 0 aromatic carbocycles. The Bertz CT molecular complexity index is 619. The van der Waals surface area contributed by atoms with Crippen molar-refractivity contribution in [3.8, 4) is 0 Å². The van der Waals surface area contributed by atoms with E-state index in [-0.39, 0.29) is 25.0 Å². The Morgan fingerprint density at radius 1 is 1.38 bits per heavy atom. The zero-order valence-corrected chi connectivity index (χ0v) is 12.1. The molecular formula is C14H21N3O4. The summed E-state index contributed by atoms with van der Waals surface area (Å²) in [5, 5.41) is 12.0. The van der Waals surface area contributed by atoms with E-state index in [1.165, 1.54) is 23.9 Å². The van der Waals surface area contributed by atoms with Crippen LogP contribution in [0.3, 0.4) is 0 Å². The monoisotopic (exact) mass is 295 g/mol. The second-order valence-electron chi connectivity index (χ2n) is 5.56. The van der Waals surface area contributed by atoms with Crippen molar-refractivity contribution < 1.29 is 9.90 Å². The summed E-state index contributed by atoms with van der Waals surface area (Å²) in [7, 11) is 1.38. The van der Waals surface area contributed by atoms with Gasteiger partial charge in [-0.05, 0) is 24.7 Å². The first-order chi connectivity index (χ1) is 10.0. The molecule has 2 unspecified atom stereocenters. The van der Waals surface area contributed by atoms with Gasteiger partial charge >= 0.3 is 5.69 Å². The molecule has 0 radical (unpaired) electrons. The van der Waals surface area contributed by atoms with Gasteiger partial charge in [0.1, 0.15) is 6.54 Å². The molecule has 0 bridgehead atoms. The summed E-state index contributed by atoms with van der Waals surface area (Å²) in [6.45, 7) is 0.564. The highest BCUT2D eigenvalue weighted by molar-refractivity contribution is 5.75. The fourth-order valence-corrected chi connectivity index (χ4v) is 2.81. The number of hydrogen-bond acceptors (Lipinski definition) is 4. The Morgan fingerprint density at radius 3 is 2.81 bits per heavy atom. The average molecular weight is 295 g/mol. The third kappa shape index (κ3) is 3.60. The van der Waals surface area contributed by atoms with Gasteiger partial charge in [-0.25, -0.2) is 4.79 Å². The normalized spacial score (nSPS) is 21.4. The van der Waals surface area contributed by atoms with Gasteiger partial charge in [0.05, 0.1) is 0 Å². The molecule has 1 aromatic heterocycles. The van der Waals surface area contributed by atoms with E-state index in [0.29, 0.717) is 12.5 Å². The summed E-state index contributed by atoms with van der Waals surface area (Å²) in [6, 6.07) is 1.26. The molecule has 2 rings (SSSR count). The van der Waals surface area contributed by atoms with Crippen LogP contribution < -0.4 is 16.6 Å². The Morgan fingerprint density at radius 2 is 2.10 bits per heavy atom. The van der Waals surface area contributed by atoms with Crippen molar-refractivity contribution in [1.82, 2.24) is 14.5 Å². The molecule has 21 heavy (non-hydrogen) atoms. The fourth-order valence-electron chi connectivity index (χ4n) is 2.81. The first kappa shape index (κ1) is 15.5. The number of carbonyl (C=O) groups excluding carboxylic acids is 1. The van der Waals surface area contributed by atoms with Crippen molar-refractivity contribution in [2.75, 3.05) is 13.2 Å². The maximum Gasteiger partial charge on any atom is 0.331 e. The van der Waals surface area contributed by atoms with Crippen molar-refractivity contribution in [2.24, 2.45) is 18.9 Å². The number of nitrogens with zero attached hydrogens (tertiary/aromatic N) is 2. The van der Waals surface area contributed by atoms with E-state index < -0.39 is 11.2 Å². The molecule has 0 saturated heterocycles. The van der Waals surface area contributed by atoms with E-state index in [0.717, 1.165) is 23.8 Å². The maximum absolute atomic E-state index is 11.9. The smallest absolute Gasteiger partial charge is 0.331 e. The lowest BCUT2D eigenvalue weighted by molar-refractivity contribution is -0.122. The molecule has 2 N–H and O–H groups in total. The number of carbonyl (C=O) groups is 1. The number of amides is 1. The predicted molar refractivity (Wildman–Crippen MR) is 76.9 cm³/mol. The van der Waals surface area contributed by atoms with Crippen LogP contribution in [-0.4, -0.2) is 33.3 Å². The third-order valence-electron chi connectivity index (χ3n) is 4.19. The van der Waals surface area contributed by atoms with E-state index in [2.05, 4.69) is 5.32 Å². The molecular weight excluding hydrogens is 274 g/mol. The molecule has 2 atom stereocenters. The first-order valence-electron chi connectivity index (χ1n) is 7.17. The van der Waals surface area contributed by atoms with Gasteiger partial charge in [-0.1, -0.05) is 6.42 Å². The summed E-state index contributed by atoms with van der Waals surface area (Å²) < 4.78 is 2.17. The topological polar surface area (TPSA) is 93.3 Å². The molecule has 7 nitrogen and oxygen atoms in total. The number of rotatable bonds is 5. The van der Waals surface area contributed by atoms with Gasteiger partial charge in [0.15, 0.2) is 0 Å². The summed E-state index contributed by atoms with van der Waals surface area (Å²) in [4.78, 5) is 35.0. The van der Waals surface area contributed by atoms with Crippen LogP contribution in [0.15, 0.2) is 21.9 Å². The van der Waals surface area contributed by atoms with Crippen LogP contribution >= 0.6 is 0 Å². The maximum atomic E-state index is 11.9. The van der Waals surface area contributed by atoms with Crippen molar-refractivity contribution in [3.05, 3.63) is 33.1 Å². The molecule has 1 aliphatic rings. The van der Waals surface area contributed by atoms with E-state index in [1.54, 1.807) is 0 Å². The number of nitrogens with one attached hydrogen (secondary N) is 1. The van der Waals surface area contributed by atoms with E-state index in [1.807, 2.05) is 0 Å². The minimum Gasteiger partial charge on any atom is -0.396 e. The summed E-state index contributed by atoms with van der Waals surface area (Å²) in [6.07, 6.45) is 4.41. The zero-order valence-electron chi connectivity index (χ0n) is 12.1. The lowest BCUT2D eigenvalue weighted by Gasteiger charge is -2.18. The van der Waals surface area contributed by atoms with Gasteiger partial charge in [-0.2, -0.15) is 0 Å². The van der Waals surface area contributed by atoms with Crippen molar-refractivity contribution in [3.63, 3.8) is 0 Å². The van der Waals surface area contributed by atoms with Crippen molar-refractivity contribution >= 4 is 5.91 Å². The zero-order chi connectivity index (χ0) is 15.4. The molecule has 7 heteroatoms. The van der Waals surface area contributed by atoms with Gasteiger partial charge in [-0.3, -0.25) is 18.7 Å². The molecule has 1 aromatic rings. The predicted octanol–water partition coefficient (Wildman–Crippen LogP) is -0.928. The Balaban J connectivity index is 1.92. The fraction of sp³-hybridized carbons (Fsp3) is 0.643. The first-order valence-corrected chi connectivity index (χ1v) is 7.17. The molecule has 1 heterocycles. The Hall–Kier alpha value is -1.89. The standard InChI is InChI=1S/C14H21N3O4/c1-16-13(20)5-6-17(14(16)21)8-12(19)15-7-10-3-2-4-11(10)9-18/h5-6,10-11,18H,2-4,7-9H2,1H3,(H,15,19). The highest BCUT2D eigenvalue weighted by Gasteiger charge is 2.26. The van der Waals surface area contributed by atoms with Gasteiger partial charge in [-0.15, -0.1) is 0 Å². The van der Waals surface area contributed by atoms with Gasteiger partial charge in [0, 0.05) is 32.5 Å². The highest BCUT2D eigenvalue weighted by atomic mass is 16.3. The van der Waals surface area contributed by atoms with Crippen LogP contribution in [0.1, 0.15) is 19.3 Å². The van der Waals surface area contributed by atoms with Gasteiger partial charge in [0.2, 0.25) is 5.91 Å². The number of aliphatic hydroxyl groups excluding tert-OH is 1. The molecule has 1 amide bonds. The SMILES string of the molecule is Cn1c(=O)ccn(CC(=O)NCC2CCCC2CO)c1=O. The molecule has 0 spiro atoms. The summed E-state index contributed by atoms with van der Waals surface area (Å²) in [5.41, 5.74) is -0.903. The molecule has 1 saturated carbocycles.